The number of β-amino-alcohol motifs (C(OH)–C–C–N with tert-alkyl or cyclic N) is 1. The lowest BCUT2D eigenvalue weighted by molar-refractivity contribution is -0.134. The summed E-state index contributed by atoms with van der Waals surface area (Å²) < 4.78 is 5.78. The van der Waals surface area contributed by atoms with Crippen molar-refractivity contribution in [3.05, 3.63) is 29.8 Å². The van der Waals surface area contributed by atoms with Crippen LogP contribution >= 0.6 is 0 Å². The van der Waals surface area contributed by atoms with Crippen LogP contribution in [0.1, 0.15) is 52.5 Å². The molecule has 4 aliphatic rings. The van der Waals surface area contributed by atoms with Crippen LogP contribution < -0.4 is 26.0 Å². The topological polar surface area (TPSA) is 152 Å². The molecule has 5 rings (SSSR count). The first-order valence-corrected chi connectivity index (χ1v) is 15.6. The summed E-state index contributed by atoms with van der Waals surface area (Å²) >= 11 is 0. The van der Waals surface area contributed by atoms with Gasteiger partial charge < -0.3 is 31.1 Å². The van der Waals surface area contributed by atoms with E-state index in [4.69, 9.17) is 4.74 Å². The molecule has 238 valence electrons. The normalized spacial score (nSPS) is 29.3. The highest BCUT2D eigenvalue weighted by molar-refractivity contribution is 5.90. The largest absolute Gasteiger partial charge is 0.494 e. The monoisotopic (exact) mass is 600 g/mol. The first kappa shape index (κ1) is 32.7. The maximum atomic E-state index is 13.5. The summed E-state index contributed by atoms with van der Waals surface area (Å²) in [4.78, 5) is 56.5. The molecule has 0 aromatic heterocycles. The standard InChI is InChI=1S/C31H48N6O6/c1-5-20(4)28-30(41)32-18-36-12-13-37(24(16-36)29(40)35-28)17-25(38)23-15-21-8-10-22(11-9-21)43-14-6-7-26(39)34-27(19(2)3)31(42)33-23/h8-11,19-20,23-25,27-28,38H,5-7,12-18H2,1-4H3,(H,32,41)(H,33,42)(H,34,39)(H,35,40). The van der Waals surface area contributed by atoms with Gasteiger partial charge in [0.2, 0.25) is 23.6 Å². The summed E-state index contributed by atoms with van der Waals surface area (Å²) in [6, 6.07) is 4.87. The molecule has 0 aliphatic carbocycles. The summed E-state index contributed by atoms with van der Waals surface area (Å²) in [6.45, 7) is 10.1. The summed E-state index contributed by atoms with van der Waals surface area (Å²) in [5.41, 5.74) is 0.905. The number of aliphatic hydroxyl groups excluding tert-OH is 1. The van der Waals surface area contributed by atoms with E-state index in [1.165, 1.54) is 0 Å². The number of hydrogen-bond donors (Lipinski definition) is 5. The number of rotatable bonds is 6. The van der Waals surface area contributed by atoms with E-state index in [2.05, 4.69) is 21.3 Å². The van der Waals surface area contributed by atoms with E-state index in [0.29, 0.717) is 51.5 Å². The molecule has 1 aromatic rings. The molecule has 1 aromatic carbocycles. The number of nitrogens with one attached hydrogen (secondary N) is 4. The van der Waals surface area contributed by atoms with Crippen molar-refractivity contribution in [1.82, 2.24) is 31.1 Å². The molecule has 4 amide bonds. The van der Waals surface area contributed by atoms with Crippen LogP contribution in [0.25, 0.3) is 0 Å². The van der Waals surface area contributed by atoms with Crippen LogP contribution in [0.2, 0.25) is 0 Å². The van der Waals surface area contributed by atoms with Crippen LogP contribution in [0.4, 0.5) is 0 Å². The average molecular weight is 601 g/mol. The molecule has 4 aliphatic heterocycles. The van der Waals surface area contributed by atoms with Crippen LogP contribution in [-0.2, 0) is 25.6 Å². The first-order valence-electron chi connectivity index (χ1n) is 15.6. The van der Waals surface area contributed by atoms with E-state index < -0.39 is 30.3 Å². The average Bonchev–Trinajstić information content (AvgIpc) is 3.02. The number of benzene rings is 1. The molecule has 2 fully saturated rings. The third kappa shape index (κ3) is 8.67. The van der Waals surface area contributed by atoms with Crippen molar-refractivity contribution < 1.29 is 29.0 Å². The van der Waals surface area contributed by atoms with E-state index in [-0.39, 0.29) is 48.4 Å². The number of carbonyl (C=O) groups is 4. The van der Waals surface area contributed by atoms with Crippen LogP contribution in [0, 0.1) is 11.8 Å². The van der Waals surface area contributed by atoms with Crippen molar-refractivity contribution in [1.29, 1.82) is 0 Å². The Morgan fingerprint density at radius 2 is 1.70 bits per heavy atom. The number of hydrogen-bond acceptors (Lipinski definition) is 8. The highest BCUT2D eigenvalue weighted by atomic mass is 16.5. The van der Waals surface area contributed by atoms with E-state index in [1.54, 1.807) is 0 Å². The molecule has 4 bridgehead atoms. The van der Waals surface area contributed by atoms with Gasteiger partial charge in [0, 0.05) is 32.6 Å². The highest BCUT2D eigenvalue weighted by Crippen LogP contribution is 2.19. The zero-order valence-corrected chi connectivity index (χ0v) is 25.8. The summed E-state index contributed by atoms with van der Waals surface area (Å²) in [5, 5.41) is 23.4. The third-order valence-electron chi connectivity index (χ3n) is 8.82. The number of nitrogens with zero attached hydrogens (tertiary/aromatic N) is 2. The molecule has 0 spiro atoms. The second-order valence-electron chi connectivity index (χ2n) is 12.4. The molecule has 43 heavy (non-hydrogen) atoms. The van der Waals surface area contributed by atoms with Gasteiger partial charge in [0.25, 0.3) is 0 Å². The molecule has 7 unspecified atom stereocenters. The Morgan fingerprint density at radius 3 is 2.40 bits per heavy atom. The molecule has 5 N–H and O–H groups in total. The van der Waals surface area contributed by atoms with Crippen molar-refractivity contribution in [3.8, 4) is 5.75 Å². The van der Waals surface area contributed by atoms with Crippen molar-refractivity contribution in [2.24, 2.45) is 11.8 Å². The SMILES string of the molecule is CCC(C)C1NC(=O)C2CN(CCN2CC(O)C2Cc3ccc(cc3)OCCCC(=O)NC(C(C)C)C(=O)N2)CNC1=O. The van der Waals surface area contributed by atoms with Gasteiger partial charge in [-0.15, -0.1) is 0 Å². The van der Waals surface area contributed by atoms with E-state index in [1.807, 2.05) is 61.8 Å². The molecular weight excluding hydrogens is 552 g/mol. The minimum Gasteiger partial charge on any atom is -0.494 e. The number of fused-ring (bicyclic) bond motifs is 14. The molecular formula is C31H48N6O6. The number of carbonyl (C=O) groups excluding carboxylic acids is 4. The Kier molecular flexibility index (Phi) is 11.4. The van der Waals surface area contributed by atoms with Gasteiger partial charge in [-0.25, -0.2) is 0 Å². The van der Waals surface area contributed by atoms with Gasteiger partial charge in [0.05, 0.1) is 25.4 Å². The number of piperazine rings is 1. The third-order valence-corrected chi connectivity index (χ3v) is 8.82. The Bertz CT molecular complexity index is 1130. The van der Waals surface area contributed by atoms with E-state index in [9.17, 15) is 24.3 Å². The molecule has 12 nitrogen and oxygen atoms in total. The Hall–Kier alpha value is -3.22. The van der Waals surface area contributed by atoms with E-state index >= 15 is 0 Å². The predicted octanol–water partition coefficient (Wildman–Crippen LogP) is -0.00740. The van der Waals surface area contributed by atoms with Gasteiger partial charge in [-0.3, -0.25) is 29.0 Å². The number of ether oxygens (including phenoxy) is 1. The molecule has 0 radical (unpaired) electrons. The maximum Gasteiger partial charge on any atom is 0.243 e. The minimum atomic E-state index is -1.02. The fraction of sp³-hybridized carbons (Fsp3) is 0.677. The van der Waals surface area contributed by atoms with Crippen LogP contribution in [-0.4, -0.2) is 108 Å². The second-order valence-corrected chi connectivity index (χ2v) is 12.4. The van der Waals surface area contributed by atoms with Gasteiger partial charge in [-0.2, -0.15) is 0 Å². The minimum absolute atomic E-state index is 0.0358. The summed E-state index contributed by atoms with van der Waals surface area (Å²) in [7, 11) is 0. The zero-order valence-electron chi connectivity index (χ0n) is 25.8. The van der Waals surface area contributed by atoms with Gasteiger partial charge in [0.15, 0.2) is 0 Å². The second kappa shape index (κ2) is 15.0. The Labute approximate surface area is 254 Å². The molecule has 4 heterocycles. The highest BCUT2D eigenvalue weighted by Gasteiger charge is 2.39. The first-order chi connectivity index (χ1) is 20.5. The fourth-order valence-corrected chi connectivity index (χ4v) is 5.84. The van der Waals surface area contributed by atoms with E-state index in [0.717, 1.165) is 12.0 Å². The van der Waals surface area contributed by atoms with Crippen molar-refractivity contribution in [2.45, 2.75) is 83.6 Å². The van der Waals surface area contributed by atoms with Crippen LogP contribution in [0.3, 0.4) is 0 Å². The summed E-state index contributed by atoms with van der Waals surface area (Å²) in [5.74, 6) is -0.544. The number of amides is 4. The Balaban J connectivity index is 1.55. The van der Waals surface area contributed by atoms with Gasteiger partial charge in [-0.05, 0) is 42.4 Å². The molecule has 7 atom stereocenters. The smallest absolute Gasteiger partial charge is 0.243 e. The lowest BCUT2D eigenvalue weighted by atomic mass is 9.97. The molecule has 2 saturated heterocycles. The summed E-state index contributed by atoms with van der Waals surface area (Å²) in [6.07, 6.45) is 0.815. The van der Waals surface area contributed by atoms with Crippen molar-refractivity contribution in [3.63, 3.8) is 0 Å². The quantitative estimate of drug-likeness (QED) is 0.306. The molecule has 12 heteroatoms. The zero-order chi connectivity index (χ0) is 31.1. The van der Waals surface area contributed by atoms with Gasteiger partial charge >= 0.3 is 0 Å². The lowest BCUT2D eigenvalue weighted by Crippen LogP contribution is -2.63. The fourth-order valence-electron chi connectivity index (χ4n) is 5.84. The van der Waals surface area contributed by atoms with Crippen molar-refractivity contribution >= 4 is 23.6 Å². The predicted molar refractivity (Wildman–Crippen MR) is 161 cm³/mol. The Morgan fingerprint density at radius 1 is 0.953 bits per heavy atom. The lowest BCUT2D eigenvalue weighted by Gasteiger charge is -2.41. The molecule has 0 saturated carbocycles. The van der Waals surface area contributed by atoms with Crippen LogP contribution in [0.5, 0.6) is 5.75 Å². The maximum absolute atomic E-state index is 13.5. The van der Waals surface area contributed by atoms with Crippen molar-refractivity contribution in [2.75, 3.05) is 39.5 Å². The number of aliphatic hydroxyl groups is 1. The van der Waals surface area contributed by atoms with Gasteiger partial charge in [-0.1, -0.05) is 46.2 Å². The van der Waals surface area contributed by atoms with Crippen LogP contribution in [0.15, 0.2) is 24.3 Å². The van der Waals surface area contributed by atoms with Gasteiger partial charge in [0.1, 0.15) is 23.9 Å².